The molecule has 0 aliphatic carbocycles. The van der Waals surface area contributed by atoms with E-state index < -0.39 is 5.97 Å². The standard InChI is InChI=1S/C14H11BrO2S/c15-11-5-7-12(8-6-11)18-9-10-3-1-2-4-13(10)14(16)17/h1-8H,9H2,(H,16,17). The maximum absolute atomic E-state index is 11.1. The molecule has 2 nitrogen and oxygen atoms in total. The molecule has 0 unspecified atom stereocenters. The lowest BCUT2D eigenvalue weighted by atomic mass is 10.1. The van der Waals surface area contributed by atoms with E-state index in [1.807, 2.05) is 36.4 Å². The number of halogens is 1. The molecule has 0 saturated heterocycles. The van der Waals surface area contributed by atoms with Crippen LogP contribution in [0.3, 0.4) is 0 Å². The highest BCUT2D eigenvalue weighted by Gasteiger charge is 2.08. The van der Waals surface area contributed by atoms with Gasteiger partial charge in [-0.05, 0) is 35.9 Å². The fourth-order valence-corrected chi connectivity index (χ4v) is 2.71. The van der Waals surface area contributed by atoms with Crippen LogP contribution in [0.1, 0.15) is 15.9 Å². The summed E-state index contributed by atoms with van der Waals surface area (Å²) in [5.41, 5.74) is 1.22. The van der Waals surface area contributed by atoms with E-state index in [0.29, 0.717) is 11.3 Å². The fraction of sp³-hybridized carbons (Fsp3) is 0.0714. The minimum atomic E-state index is -0.873. The molecule has 0 atom stereocenters. The van der Waals surface area contributed by atoms with Crippen molar-refractivity contribution >= 4 is 33.7 Å². The smallest absolute Gasteiger partial charge is 0.335 e. The summed E-state index contributed by atoms with van der Waals surface area (Å²) in [5, 5.41) is 9.08. The lowest BCUT2D eigenvalue weighted by Crippen LogP contribution is -2.00. The van der Waals surface area contributed by atoms with Gasteiger partial charge < -0.3 is 5.11 Å². The van der Waals surface area contributed by atoms with Crippen LogP contribution in [0.25, 0.3) is 0 Å². The van der Waals surface area contributed by atoms with Gasteiger partial charge in [-0.25, -0.2) is 4.79 Å². The second-order valence-corrected chi connectivity index (χ2v) is 5.67. The number of benzene rings is 2. The first-order chi connectivity index (χ1) is 8.66. The van der Waals surface area contributed by atoms with Gasteiger partial charge in [-0.2, -0.15) is 0 Å². The molecule has 0 aliphatic heterocycles. The van der Waals surface area contributed by atoms with Crippen LogP contribution in [-0.4, -0.2) is 11.1 Å². The number of hydrogen-bond acceptors (Lipinski definition) is 2. The number of carboxylic acid groups (broad SMARTS) is 1. The van der Waals surface area contributed by atoms with Crippen LogP contribution >= 0.6 is 27.7 Å². The first-order valence-electron chi connectivity index (χ1n) is 5.36. The van der Waals surface area contributed by atoms with Gasteiger partial charge in [0, 0.05) is 15.1 Å². The molecule has 0 radical (unpaired) electrons. The van der Waals surface area contributed by atoms with E-state index in [1.165, 1.54) is 0 Å². The second-order valence-electron chi connectivity index (χ2n) is 3.70. The lowest BCUT2D eigenvalue weighted by Gasteiger charge is -2.05. The lowest BCUT2D eigenvalue weighted by molar-refractivity contribution is 0.0696. The van der Waals surface area contributed by atoms with Crippen LogP contribution in [0.2, 0.25) is 0 Å². The molecular formula is C14H11BrO2S. The number of carboxylic acids is 1. The van der Waals surface area contributed by atoms with E-state index in [9.17, 15) is 4.79 Å². The fourth-order valence-electron chi connectivity index (χ4n) is 1.55. The van der Waals surface area contributed by atoms with Gasteiger partial charge >= 0.3 is 5.97 Å². The Balaban J connectivity index is 2.10. The average molecular weight is 323 g/mol. The van der Waals surface area contributed by atoms with Crippen molar-refractivity contribution in [3.05, 3.63) is 64.1 Å². The Morgan fingerprint density at radius 1 is 1.11 bits per heavy atom. The molecule has 0 aromatic heterocycles. The van der Waals surface area contributed by atoms with Crippen molar-refractivity contribution in [1.29, 1.82) is 0 Å². The first kappa shape index (κ1) is 13.2. The minimum absolute atomic E-state index is 0.377. The zero-order valence-electron chi connectivity index (χ0n) is 9.47. The van der Waals surface area contributed by atoms with Crippen LogP contribution in [0, 0.1) is 0 Å². The summed E-state index contributed by atoms with van der Waals surface area (Å²) < 4.78 is 1.04. The molecular weight excluding hydrogens is 312 g/mol. The highest BCUT2D eigenvalue weighted by atomic mass is 79.9. The third-order valence-corrected chi connectivity index (χ3v) is 4.05. The topological polar surface area (TPSA) is 37.3 Å². The summed E-state index contributed by atoms with van der Waals surface area (Å²) >= 11 is 5.01. The Labute approximate surface area is 118 Å². The molecule has 0 amide bonds. The summed E-state index contributed by atoms with van der Waals surface area (Å²) in [5.74, 6) is -0.216. The van der Waals surface area contributed by atoms with Gasteiger partial charge in [0.1, 0.15) is 0 Å². The molecule has 0 aliphatic rings. The van der Waals surface area contributed by atoms with Crippen molar-refractivity contribution in [3.63, 3.8) is 0 Å². The summed E-state index contributed by atoms with van der Waals surface area (Å²) in [6.45, 7) is 0. The Bertz CT molecular complexity index is 552. The number of rotatable bonds is 4. The Morgan fingerprint density at radius 3 is 2.44 bits per heavy atom. The molecule has 0 fully saturated rings. The summed E-state index contributed by atoms with van der Waals surface area (Å²) in [6, 6.07) is 15.1. The first-order valence-corrected chi connectivity index (χ1v) is 7.14. The van der Waals surface area contributed by atoms with Crippen LogP contribution in [0.15, 0.2) is 57.9 Å². The minimum Gasteiger partial charge on any atom is -0.478 e. The van der Waals surface area contributed by atoms with E-state index in [1.54, 1.807) is 23.9 Å². The van der Waals surface area contributed by atoms with E-state index in [2.05, 4.69) is 15.9 Å². The molecule has 0 bridgehead atoms. The maximum atomic E-state index is 11.1. The van der Waals surface area contributed by atoms with Gasteiger partial charge in [0.05, 0.1) is 5.56 Å². The summed E-state index contributed by atoms with van der Waals surface area (Å²) in [7, 11) is 0. The van der Waals surface area contributed by atoms with Crippen LogP contribution < -0.4 is 0 Å². The van der Waals surface area contributed by atoms with Crippen molar-refractivity contribution in [2.75, 3.05) is 0 Å². The monoisotopic (exact) mass is 322 g/mol. The van der Waals surface area contributed by atoms with Gasteiger partial charge in [0.2, 0.25) is 0 Å². The highest BCUT2D eigenvalue weighted by Crippen LogP contribution is 2.25. The normalized spacial score (nSPS) is 10.3. The largest absolute Gasteiger partial charge is 0.478 e. The molecule has 2 aromatic rings. The summed E-state index contributed by atoms with van der Waals surface area (Å²) in [6.07, 6.45) is 0. The molecule has 92 valence electrons. The van der Waals surface area contributed by atoms with E-state index in [0.717, 1.165) is 14.9 Å². The van der Waals surface area contributed by atoms with Crippen molar-refractivity contribution in [3.8, 4) is 0 Å². The Morgan fingerprint density at radius 2 is 1.78 bits per heavy atom. The molecule has 1 N–H and O–H groups in total. The third-order valence-electron chi connectivity index (χ3n) is 2.46. The van der Waals surface area contributed by atoms with Gasteiger partial charge in [-0.15, -0.1) is 11.8 Å². The maximum Gasteiger partial charge on any atom is 0.335 e. The molecule has 0 spiro atoms. The second kappa shape index (κ2) is 6.07. The van der Waals surface area contributed by atoms with Crippen LogP contribution in [0.5, 0.6) is 0 Å². The zero-order chi connectivity index (χ0) is 13.0. The van der Waals surface area contributed by atoms with E-state index in [4.69, 9.17) is 5.11 Å². The van der Waals surface area contributed by atoms with Crippen molar-refractivity contribution in [1.82, 2.24) is 0 Å². The molecule has 4 heteroatoms. The molecule has 0 heterocycles. The van der Waals surface area contributed by atoms with E-state index >= 15 is 0 Å². The molecule has 18 heavy (non-hydrogen) atoms. The van der Waals surface area contributed by atoms with Crippen LogP contribution in [0.4, 0.5) is 0 Å². The highest BCUT2D eigenvalue weighted by molar-refractivity contribution is 9.10. The third kappa shape index (κ3) is 3.37. The predicted molar refractivity (Wildman–Crippen MR) is 77.1 cm³/mol. The van der Waals surface area contributed by atoms with Gasteiger partial charge in [0.25, 0.3) is 0 Å². The van der Waals surface area contributed by atoms with Gasteiger partial charge in [-0.1, -0.05) is 34.1 Å². The average Bonchev–Trinajstić information content (AvgIpc) is 2.38. The van der Waals surface area contributed by atoms with Crippen molar-refractivity contribution in [2.45, 2.75) is 10.6 Å². The molecule has 2 aromatic carbocycles. The quantitative estimate of drug-likeness (QED) is 0.845. The van der Waals surface area contributed by atoms with Crippen LogP contribution in [-0.2, 0) is 5.75 Å². The van der Waals surface area contributed by atoms with Crippen molar-refractivity contribution in [2.24, 2.45) is 0 Å². The predicted octanol–water partition coefficient (Wildman–Crippen LogP) is 4.44. The zero-order valence-corrected chi connectivity index (χ0v) is 11.9. The Kier molecular flexibility index (Phi) is 4.44. The van der Waals surface area contributed by atoms with Gasteiger partial charge in [0.15, 0.2) is 0 Å². The number of hydrogen-bond donors (Lipinski definition) is 1. The van der Waals surface area contributed by atoms with E-state index in [-0.39, 0.29) is 0 Å². The number of aromatic carboxylic acids is 1. The van der Waals surface area contributed by atoms with Gasteiger partial charge in [-0.3, -0.25) is 0 Å². The number of thioether (sulfide) groups is 1. The van der Waals surface area contributed by atoms with Crippen molar-refractivity contribution < 1.29 is 9.90 Å². The SMILES string of the molecule is O=C(O)c1ccccc1CSc1ccc(Br)cc1. The number of carbonyl (C=O) groups is 1. The molecule has 2 rings (SSSR count). The molecule has 0 saturated carbocycles. The summed E-state index contributed by atoms with van der Waals surface area (Å²) in [4.78, 5) is 12.2. The Hall–Kier alpha value is -1.26.